The van der Waals surface area contributed by atoms with Crippen molar-refractivity contribution < 1.29 is 9.47 Å². The van der Waals surface area contributed by atoms with Crippen molar-refractivity contribution >= 4 is 21.7 Å². The lowest BCUT2D eigenvalue weighted by atomic mass is 10.0. The molecule has 0 aliphatic heterocycles. The zero-order chi connectivity index (χ0) is 22.2. The van der Waals surface area contributed by atoms with Crippen molar-refractivity contribution in [3.63, 3.8) is 0 Å². The van der Waals surface area contributed by atoms with Crippen LogP contribution in [-0.2, 0) is 6.54 Å². The summed E-state index contributed by atoms with van der Waals surface area (Å²) in [4.78, 5) is 23.0. The summed E-state index contributed by atoms with van der Waals surface area (Å²) in [6.45, 7) is 2.81. The van der Waals surface area contributed by atoms with Gasteiger partial charge in [-0.15, -0.1) is 0 Å². The van der Waals surface area contributed by atoms with Crippen molar-refractivity contribution in [3.8, 4) is 11.5 Å². The quantitative estimate of drug-likeness (QED) is 0.456. The Labute approximate surface area is 186 Å². The molecule has 3 aromatic carbocycles. The van der Waals surface area contributed by atoms with E-state index in [1.54, 1.807) is 26.4 Å². The summed E-state index contributed by atoms with van der Waals surface area (Å²) in [5.74, 6) is 1.74. The van der Waals surface area contributed by atoms with E-state index >= 15 is 0 Å². The Morgan fingerprint density at radius 2 is 1.75 bits per heavy atom. The molecule has 1 unspecified atom stereocenters. The molecule has 32 heavy (non-hydrogen) atoms. The van der Waals surface area contributed by atoms with Gasteiger partial charge in [-0.2, -0.15) is 0 Å². The highest BCUT2D eigenvalue weighted by Crippen LogP contribution is 2.36. The van der Waals surface area contributed by atoms with Gasteiger partial charge in [0.2, 0.25) is 0 Å². The minimum atomic E-state index is -0.167. The van der Waals surface area contributed by atoms with Crippen molar-refractivity contribution in [2.75, 3.05) is 14.2 Å². The third-order valence-electron chi connectivity index (χ3n) is 6.36. The highest BCUT2D eigenvalue weighted by molar-refractivity contribution is 5.83. The maximum absolute atomic E-state index is 12.8. The number of ether oxygens (including phenoxy) is 2. The summed E-state index contributed by atoms with van der Waals surface area (Å²) in [6.07, 6.45) is 2.33. The third kappa shape index (κ3) is 3.82. The lowest BCUT2D eigenvalue weighted by Gasteiger charge is -2.29. The van der Waals surface area contributed by atoms with Gasteiger partial charge in [-0.1, -0.05) is 36.4 Å². The van der Waals surface area contributed by atoms with Gasteiger partial charge in [0, 0.05) is 18.2 Å². The first-order chi connectivity index (χ1) is 15.6. The van der Waals surface area contributed by atoms with Crippen molar-refractivity contribution in [2.24, 2.45) is 0 Å². The largest absolute Gasteiger partial charge is 0.493 e. The monoisotopic (exact) mass is 429 g/mol. The SMILES string of the molecule is COc1cc2nc(CN(C3CC3)C(C)c3ccc4ccccc4c3)[nH]c(=O)c2cc1OC. The molecule has 4 aromatic rings. The van der Waals surface area contributed by atoms with E-state index in [1.165, 1.54) is 29.2 Å². The van der Waals surface area contributed by atoms with Crippen molar-refractivity contribution in [1.82, 2.24) is 14.9 Å². The van der Waals surface area contributed by atoms with E-state index < -0.39 is 0 Å². The molecule has 1 atom stereocenters. The van der Waals surface area contributed by atoms with Gasteiger partial charge in [0.15, 0.2) is 11.5 Å². The van der Waals surface area contributed by atoms with Gasteiger partial charge < -0.3 is 14.5 Å². The number of hydrogen-bond acceptors (Lipinski definition) is 5. The lowest BCUT2D eigenvalue weighted by molar-refractivity contribution is 0.186. The molecule has 6 nitrogen and oxygen atoms in total. The Bertz CT molecular complexity index is 1340. The standard InChI is InChI=1S/C26H27N3O3/c1-16(18-9-8-17-6-4-5-7-19(17)12-18)29(20-10-11-20)15-25-27-22-14-24(32-3)23(31-2)13-21(22)26(30)28-25/h4-9,12-14,16,20H,10-11,15H2,1-3H3,(H,27,28,30). The summed E-state index contributed by atoms with van der Waals surface area (Å²) in [5.41, 5.74) is 1.71. The molecule has 1 N–H and O–H groups in total. The van der Waals surface area contributed by atoms with E-state index in [-0.39, 0.29) is 11.6 Å². The summed E-state index contributed by atoms with van der Waals surface area (Å²) < 4.78 is 10.7. The van der Waals surface area contributed by atoms with Gasteiger partial charge in [0.25, 0.3) is 5.56 Å². The fourth-order valence-electron chi connectivity index (χ4n) is 4.41. The first-order valence-corrected chi connectivity index (χ1v) is 11.0. The second-order valence-electron chi connectivity index (χ2n) is 8.42. The topological polar surface area (TPSA) is 67.5 Å². The molecule has 1 saturated carbocycles. The lowest BCUT2D eigenvalue weighted by Crippen LogP contribution is -2.30. The number of nitrogens with one attached hydrogen (secondary N) is 1. The number of methoxy groups -OCH3 is 2. The number of aromatic amines is 1. The van der Waals surface area contributed by atoms with Gasteiger partial charge in [0.05, 0.1) is 31.7 Å². The zero-order valence-corrected chi connectivity index (χ0v) is 18.6. The Morgan fingerprint density at radius 3 is 2.47 bits per heavy atom. The molecule has 164 valence electrons. The highest BCUT2D eigenvalue weighted by atomic mass is 16.5. The van der Waals surface area contributed by atoms with Gasteiger partial charge in [0.1, 0.15) is 5.82 Å². The number of nitrogens with zero attached hydrogens (tertiary/aromatic N) is 2. The summed E-state index contributed by atoms with van der Waals surface area (Å²) in [7, 11) is 3.14. The number of fused-ring (bicyclic) bond motifs is 2. The molecule has 0 amide bonds. The van der Waals surface area contributed by atoms with Crippen LogP contribution in [0.3, 0.4) is 0 Å². The Balaban J connectivity index is 1.49. The Hall–Kier alpha value is -3.38. The number of rotatable bonds is 7. The van der Waals surface area contributed by atoms with Gasteiger partial charge in [-0.05, 0) is 48.2 Å². The third-order valence-corrected chi connectivity index (χ3v) is 6.36. The first-order valence-electron chi connectivity index (χ1n) is 11.0. The number of benzene rings is 3. The van der Waals surface area contributed by atoms with Crippen LogP contribution in [0.25, 0.3) is 21.7 Å². The fraction of sp³-hybridized carbons (Fsp3) is 0.308. The van der Waals surface area contributed by atoms with E-state index in [9.17, 15) is 4.79 Å². The zero-order valence-electron chi connectivity index (χ0n) is 18.6. The van der Waals surface area contributed by atoms with Crippen LogP contribution in [0.5, 0.6) is 11.5 Å². The van der Waals surface area contributed by atoms with Crippen LogP contribution < -0.4 is 15.0 Å². The molecule has 0 bridgehead atoms. The number of hydrogen-bond donors (Lipinski definition) is 1. The van der Waals surface area contributed by atoms with Crippen molar-refractivity contribution in [2.45, 2.75) is 38.4 Å². The molecule has 1 aliphatic carbocycles. The number of H-pyrrole nitrogens is 1. The van der Waals surface area contributed by atoms with Crippen molar-refractivity contribution in [1.29, 1.82) is 0 Å². The van der Waals surface area contributed by atoms with E-state index in [4.69, 9.17) is 14.5 Å². The molecule has 1 aromatic heterocycles. The number of aromatic nitrogens is 2. The first kappa shape index (κ1) is 20.5. The van der Waals surface area contributed by atoms with Crippen LogP contribution in [0.1, 0.15) is 37.2 Å². The minimum Gasteiger partial charge on any atom is -0.493 e. The molecule has 1 aliphatic rings. The van der Waals surface area contributed by atoms with E-state index in [0.717, 1.165) is 0 Å². The van der Waals surface area contributed by atoms with Crippen LogP contribution in [0, 0.1) is 0 Å². The molecular formula is C26H27N3O3. The molecule has 0 saturated heterocycles. The van der Waals surface area contributed by atoms with E-state index in [2.05, 4.69) is 59.3 Å². The molecule has 5 rings (SSSR count). The molecule has 0 radical (unpaired) electrons. The van der Waals surface area contributed by atoms with Gasteiger partial charge >= 0.3 is 0 Å². The smallest absolute Gasteiger partial charge is 0.258 e. The van der Waals surface area contributed by atoms with Gasteiger partial charge in [-0.3, -0.25) is 9.69 Å². The average Bonchev–Trinajstić information content (AvgIpc) is 3.66. The van der Waals surface area contributed by atoms with Crippen molar-refractivity contribution in [3.05, 3.63) is 76.3 Å². The van der Waals surface area contributed by atoms with Crippen LogP contribution in [0.4, 0.5) is 0 Å². The molecule has 1 fully saturated rings. The fourth-order valence-corrected chi connectivity index (χ4v) is 4.41. The second-order valence-corrected chi connectivity index (χ2v) is 8.42. The Morgan fingerprint density at radius 1 is 1.03 bits per heavy atom. The summed E-state index contributed by atoms with van der Waals surface area (Å²) in [6, 6.07) is 19.2. The van der Waals surface area contributed by atoms with Crippen LogP contribution in [0.2, 0.25) is 0 Å². The highest BCUT2D eigenvalue weighted by Gasteiger charge is 2.33. The summed E-state index contributed by atoms with van der Waals surface area (Å²) >= 11 is 0. The molecule has 0 spiro atoms. The maximum Gasteiger partial charge on any atom is 0.258 e. The van der Waals surface area contributed by atoms with E-state index in [1.807, 2.05) is 0 Å². The molecule has 6 heteroatoms. The second kappa shape index (κ2) is 8.28. The van der Waals surface area contributed by atoms with E-state index in [0.29, 0.717) is 40.8 Å². The molecular weight excluding hydrogens is 402 g/mol. The average molecular weight is 430 g/mol. The van der Waals surface area contributed by atoms with Crippen LogP contribution >= 0.6 is 0 Å². The van der Waals surface area contributed by atoms with Crippen LogP contribution in [-0.4, -0.2) is 35.1 Å². The normalized spacial score (nSPS) is 14.8. The van der Waals surface area contributed by atoms with Gasteiger partial charge in [-0.25, -0.2) is 4.98 Å². The predicted octanol–water partition coefficient (Wildman–Crippen LogP) is 4.82. The molecule has 1 heterocycles. The minimum absolute atomic E-state index is 0.167. The predicted molar refractivity (Wildman–Crippen MR) is 126 cm³/mol. The summed E-state index contributed by atoms with van der Waals surface area (Å²) in [5, 5.41) is 2.98. The Kier molecular flexibility index (Phi) is 5.31. The maximum atomic E-state index is 12.8. The van der Waals surface area contributed by atoms with Crippen LogP contribution in [0.15, 0.2) is 59.4 Å².